The molecule has 0 aliphatic carbocycles. The van der Waals surface area contributed by atoms with E-state index in [2.05, 4.69) is 123 Å². The van der Waals surface area contributed by atoms with Crippen molar-refractivity contribution in [2.24, 2.45) is 0 Å². The topological polar surface area (TPSA) is 111 Å². The van der Waals surface area contributed by atoms with Crippen LogP contribution in [-0.4, -0.2) is 74.3 Å². The molecular weight excluding hydrogens is 1050 g/mol. The molecule has 0 radical (unpaired) electrons. The van der Waals surface area contributed by atoms with Gasteiger partial charge in [-0.15, -0.1) is 0 Å². The van der Waals surface area contributed by atoms with Gasteiger partial charge >= 0.3 is 13.8 Å². The number of quaternary nitrogens is 1. The minimum atomic E-state index is -4.47. The summed E-state index contributed by atoms with van der Waals surface area (Å²) < 4.78 is 30.8. The molecule has 0 aliphatic rings. The van der Waals surface area contributed by atoms with Crippen LogP contribution in [0.1, 0.15) is 290 Å². The van der Waals surface area contributed by atoms with Gasteiger partial charge in [0.2, 0.25) is 5.91 Å². The number of rotatable bonds is 61. The molecule has 83 heavy (non-hydrogen) atoms. The van der Waals surface area contributed by atoms with Gasteiger partial charge in [0.15, 0.2) is 0 Å². The van der Waals surface area contributed by atoms with E-state index in [1.165, 1.54) is 128 Å². The van der Waals surface area contributed by atoms with Crippen LogP contribution in [0, 0.1) is 0 Å². The van der Waals surface area contributed by atoms with Crippen molar-refractivity contribution in [2.45, 2.75) is 303 Å². The van der Waals surface area contributed by atoms with Crippen molar-refractivity contribution in [3.63, 3.8) is 0 Å². The zero-order chi connectivity index (χ0) is 60.7. The first-order valence-corrected chi connectivity index (χ1v) is 35.7. The minimum absolute atomic E-state index is 0.0290. The summed E-state index contributed by atoms with van der Waals surface area (Å²) in [6.07, 6.45) is 85.1. The summed E-state index contributed by atoms with van der Waals surface area (Å²) in [5.41, 5.74) is 0. The lowest BCUT2D eigenvalue weighted by Gasteiger charge is -2.27. The standard InChI is InChI=1S/C73H129N2O7P/c1-7-10-13-16-19-22-25-28-30-32-34-36-37-39-41-43-45-48-51-54-57-60-63-66-73(77)82-71(64-61-58-55-52-49-46-27-24-21-18-15-12-9-3)70(69-81-83(78,79)80-68-67-75(4,5)6)74-72(76)65-62-59-56-53-50-47-44-42-40-38-35-33-31-29-26-23-20-17-14-11-8-2/h19-20,22-23,28-31,34-36,38-39,41-42,44,61,64,70-71H,7-18,21,24-27,32-33,37,40,43,45-60,62-63,65-69H2,1-6H3,(H-,74,76,78,79)/p+1/b22-19-,23-20-,30-28-,31-29-,36-34-,38-35-,41-39-,44-42-,64-61+. The van der Waals surface area contributed by atoms with Gasteiger partial charge in [-0.1, -0.05) is 265 Å². The maximum atomic E-state index is 13.6. The van der Waals surface area contributed by atoms with Gasteiger partial charge in [-0.2, -0.15) is 0 Å². The highest BCUT2D eigenvalue weighted by molar-refractivity contribution is 7.47. The van der Waals surface area contributed by atoms with E-state index in [0.717, 1.165) is 128 Å². The Hall–Kier alpha value is -3.33. The number of hydrogen-bond acceptors (Lipinski definition) is 6. The van der Waals surface area contributed by atoms with Crippen molar-refractivity contribution in [1.29, 1.82) is 0 Å². The number of carbonyl (C=O) groups excluding carboxylic acids is 2. The van der Waals surface area contributed by atoms with Crippen LogP contribution in [0.4, 0.5) is 0 Å². The molecule has 0 heterocycles. The van der Waals surface area contributed by atoms with Gasteiger partial charge in [-0.05, 0) is 122 Å². The van der Waals surface area contributed by atoms with Crippen molar-refractivity contribution < 1.29 is 37.3 Å². The second kappa shape index (κ2) is 61.7. The van der Waals surface area contributed by atoms with Crippen LogP contribution in [-0.2, 0) is 27.9 Å². The van der Waals surface area contributed by atoms with E-state index >= 15 is 0 Å². The fourth-order valence-corrected chi connectivity index (χ4v) is 10.1. The molecule has 0 saturated carbocycles. The monoisotopic (exact) mass is 1180 g/mol. The van der Waals surface area contributed by atoms with Crippen LogP contribution < -0.4 is 5.32 Å². The molecule has 0 aromatic rings. The van der Waals surface area contributed by atoms with Gasteiger partial charge in [0.05, 0.1) is 33.8 Å². The second-order valence-electron chi connectivity index (χ2n) is 24.0. The third-order valence-corrected chi connectivity index (χ3v) is 15.7. The zero-order valence-electron chi connectivity index (χ0n) is 54.7. The number of unbranched alkanes of at least 4 members (excludes halogenated alkanes) is 29. The molecule has 2 N–H and O–H groups in total. The predicted octanol–water partition coefficient (Wildman–Crippen LogP) is 21.7. The normalized spacial score (nSPS) is 14.3. The van der Waals surface area contributed by atoms with Crippen molar-refractivity contribution >= 4 is 19.7 Å². The Bertz CT molecular complexity index is 1790. The summed E-state index contributed by atoms with van der Waals surface area (Å²) in [7, 11) is 1.46. The molecule has 478 valence electrons. The number of likely N-dealkylation sites (N-methyl/N-ethyl adjacent to an activating group) is 1. The Morgan fingerprint density at radius 2 is 0.735 bits per heavy atom. The van der Waals surface area contributed by atoms with E-state index in [1.807, 2.05) is 33.3 Å². The van der Waals surface area contributed by atoms with E-state index < -0.39 is 20.0 Å². The van der Waals surface area contributed by atoms with Crippen LogP contribution in [0.25, 0.3) is 0 Å². The number of hydrogen-bond donors (Lipinski definition) is 2. The number of phosphoric acid groups is 1. The first-order valence-electron chi connectivity index (χ1n) is 34.2. The predicted molar refractivity (Wildman–Crippen MR) is 360 cm³/mol. The van der Waals surface area contributed by atoms with Crippen LogP contribution in [0.2, 0.25) is 0 Å². The number of esters is 1. The van der Waals surface area contributed by atoms with E-state index in [0.29, 0.717) is 17.4 Å². The van der Waals surface area contributed by atoms with Gasteiger partial charge in [0, 0.05) is 12.8 Å². The van der Waals surface area contributed by atoms with E-state index in [4.69, 9.17) is 13.8 Å². The lowest BCUT2D eigenvalue weighted by molar-refractivity contribution is -0.870. The second-order valence-corrected chi connectivity index (χ2v) is 25.4. The smallest absolute Gasteiger partial charge is 0.456 e. The summed E-state index contributed by atoms with van der Waals surface area (Å²) in [6.45, 7) is 6.94. The van der Waals surface area contributed by atoms with Crippen molar-refractivity contribution in [3.05, 3.63) is 109 Å². The molecule has 0 aromatic carbocycles. The van der Waals surface area contributed by atoms with Gasteiger partial charge in [-0.25, -0.2) is 4.57 Å². The van der Waals surface area contributed by atoms with E-state index in [1.54, 1.807) is 0 Å². The molecule has 0 bridgehead atoms. The summed E-state index contributed by atoms with van der Waals surface area (Å²) in [4.78, 5) is 37.9. The number of allylic oxidation sites excluding steroid dienone is 17. The molecule has 3 unspecified atom stereocenters. The molecule has 0 aromatic heterocycles. The van der Waals surface area contributed by atoms with Crippen LogP contribution in [0.15, 0.2) is 109 Å². The molecule has 0 fully saturated rings. The van der Waals surface area contributed by atoms with E-state index in [9.17, 15) is 19.0 Å². The number of nitrogens with zero attached hydrogens (tertiary/aromatic N) is 1. The van der Waals surface area contributed by atoms with Crippen LogP contribution in [0.5, 0.6) is 0 Å². The molecule has 10 heteroatoms. The van der Waals surface area contributed by atoms with E-state index in [-0.39, 0.29) is 31.5 Å². The Morgan fingerprint density at radius 3 is 1.12 bits per heavy atom. The number of amides is 1. The quantitative estimate of drug-likeness (QED) is 0.0205. The molecule has 0 rings (SSSR count). The summed E-state index contributed by atoms with van der Waals surface area (Å²) >= 11 is 0. The number of phosphoric ester groups is 1. The Balaban J connectivity index is 5.26. The molecule has 0 aliphatic heterocycles. The largest absolute Gasteiger partial charge is 0.472 e. The fraction of sp³-hybridized carbons (Fsp3) is 0.726. The Morgan fingerprint density at radius 1 is 0.422 bits per heavy atom. The van der Waals surface area contributed by atoms with Gasteiger partial charge in [-0.3, -0.25) is 18.6 Å². The molecule has 3 atom stereocenters. The molecule has 0 saturated heterocycles. The number of nitrogens with one attached hydrogen (secondary N) is 1. The van der Waals surface area contributed by atoms with Crippen LogP contribution in [0.3, 0.4) is 0 Å². The average molecular weight is 1180 g/mol. The van der Waals surface area contributed by atoms with Gasteiger partial charge in [0.25, 0.3) is 0 Å². The van der Waals surface area contributed by atoms with Crippen molar-refractivity contribution in [2.75, 3.05) is 40.9 Å². The SMILES string of the molecule is CCCCC/C=C\C/C=C\C/C=C\C/C=C\CCCCCCCCCC(=O)OC(/C=C/CCCCCCCCCCCCC)C(COP(=O)(O)OCC[N+](C)(C)C)NC(=O)CCCCCCC/C=C\C/C=C\C/C=C\C/C=C\CCCCC. The lowest BCUT2D eigenvalue weighted by atomic mass is 10.0. The highest BCUT2D eigenvalue weighted by atomic mass is 31.2. The molecule has 0 spiro atoms. The van der Waals surface area contributed by atoms with Crippen molar-refractivity contribution in [3.8, 4) is 0 Å². The highest BCUT2D eigenvalue weighted by Gasteiger charge is 2.30. The Labute approximate surface area is 512 Å². The van der Waals surface area contributed by atoms with Crippen LogP contribution >= 0.6 is 7.82 Å². The zero-order valence-corrected chi connectivity index (χ0v) is 55.6. The molecule has 1 amide bonds. The van der Waals surface area contributed by atoms with Gasteiger partial charge < -0.3 is 19.4 Å². The molecule has 9 nitrogen and oxygen atoms in total. The summed E-state index contributed by atoms with van der Waals surface area (Å²) in [5.74, 6) is -0.539. The first kappa shape index (κ1) is 79.7. The maximum absolute atomic E-state index is 13.6. The lowest BCUT2D eigenvalue weighted by Crippen LogP contribution is -2.47. The highest BCUT2D eigenvalue weighted by Crippen LogP contribution is 2.43. The molecular formula is C73H130N2O7P+. The number of ether oxygens (including phenoxy) is 1. The Kier molecular flexibility index (Phi) is 59.3. The van der Waals surface area contributed by atoms with Gasteiger partial charge in [0.1, 0.15) is 19.3 Å². The number of carbonyl (C=O) groups is 2. The average Bonchev–Trinajstić information content (AvgIpc) is 3.47. The third-order valence-electron chi connectivity index (χ3n) is 14.7. The minimum Gasteiger partial charge on any atom is -0.456 e. The fourth-order valence-electron chi connectivity index (χ4n) is 9.38. The summed E-state index contributed by atoms with van der Waals surface area (Å²) in [5, 5.41) is 3.05. The first-order chi connectivity index (χ1) is 40.4. The maximum Gasteiger partial charge on any atom is 0.472 e. The van der Waals surface area contributed by atoms with Crippen molar-refractivity contribution in [1.82, 2.24) is 5.32 Å². The third kappa shape index (κ3) is 63.0. The summed E-state index contributed by atoms with van der Waals surface area (Å²) in [6, 6.07) is -0.871.